The Balaban J connectivity index is 2.48. The largest absolute Gasteiger partial charge is 0.492 e. The highest BCUT2D eigenvalue weighted by molar-refractivity contribution is 7.89. The lowest BCUT2D eigenvalue weighted by atomic mass is 10.2. The van der Waals surface area contributed by atoms with Gasteiger partial charge in [-0.15, -0.1) is 0 Å². The zero-order valence-corrected chi connectivity index (χ0v) is 13.1. The van der Waals surface area contributed by atoms with Crippen LogP contribution in [0.3, 0.4) is 0 Å². The Labute approximate surface area is 125 Å². The van der Waals surface area contributed by atoms with Crippen LogP contribution in [-0.4, -0.2) is 26.6 Å². The first-order valence-electron chi connectivity index (χ1n) is 7.10. The van der Waals surface area contributed by atoms with E-state index in [9.17, 15) is 8.42 Å². The number of nitrogens with one attached hydrogen (secondary N) is 1. The van der Waals surface area contributed by atoms with Crippen LogP contribution in [0.1, 0.15) is 26.7 Å². The van der Waals surface area contributed by atoms with Gasteiger partial charge in [0.25, 0.3) is 0 Å². The number of nitrogens with zero attached hydrogens (tertiary/aromatic N) is 1. The lowest BCUT2D eigenvalue weighted by Gasteiger charge is -2.12. The molecule has 114 valence electrons. The summed E-state index contributed by atoms with van der Waals surface area (Å²) in [5.41, 5.74) is 0.567. The number of ether oxygens (including phenoxy) is 1. The van der Waals surface area contributed by atoms with Crippen molar-refractivity contribution in [3.05, 3.63) is 30.5 Å². The van der Waals surface area contributed by atoms with Gasteiger partial charge in [-0.3, -0.25) is 4.98 Å². The minimum absolute atomic E-state index is 0.241. The van der Waals surface area contributed by atoms with E-state index >= 15 is 0 Å². The van der Waals surface area contributed by atoms with E-state index in [2.05, 4.69) is 9.71 Å². The van der Waals surface area contributed by atoms with Gasteiger partial charge < -0.3 is 4.74 Å². The van der Waals surface area contributed by atoms with Gasteiger partial charge in [-0.05, 0) is 37.6 Å². The van der Waals surface area contributed by atoms with Crippen LogP contribution >= 0.6 is 0 Å². The van der Waals surface area contributed by atoms with Crippen molar-refractivity contribution < 1.29 is 13.2 Å². The summed E-state index contributed by atoms with van der Waals surface area (Å²) < 4.78 is 33.0. The molecule has 2 aromatic rings. The van der Waals surface area contributed by atoms with Crippen LogP contribution in [-0.2, 0) is 10.0 Å². The second kappa shape index (κ2) is 6.87. The molecule has 0 fully saturated rings. The number of hydrogen-bond acceptors (Lipinski definition) is 4. The first-order valence-corrected chi connectivity index (χ1v) is 8.58. The Kier molecular flexibility index (Phi) is 5.14. The molecule has 0 spiro atoms. The molecule has 0 aliphatic carbocycles. The van der Waals surface area contributed by atoms with Gasteiger partial charge in [0.1, 0.15) is 11.3 Å². The van der Waals surface area contributed by atoms with Crippen molar-refractivity contribution in [1.29, 1.82) is 0 Å². The maximum Gasteiger partial charge on any atom is 0.241 e. The van der Waals surface area contributed by atoms with Crippen molar-refractivity contribution in [2.24, 2.45) is 0 Å². The average Bonchev–Trinajstić information content (AvgIpc) is 2.48. The van der Waals surface area contributed by atoms with E-state index in [4.69, 9.17) is 4.74 Å². The first kappa shape index (κ1) is 15.7. The van der Waals surface area contributed by atoms with Crippen molar-refractivity contribution in [1.82, 2.24) is 9.71 Å². The summed E-state index contributed by atoms with van der Waals surface area (Å²) in [5.74, 6) is 0.598. The SMILES string of the molecule is CCCCNS(=O)(=O)c1ccc(OCC)c2ncccc12. The summed E-state index contributed by atoms with van der Waals surface area (Å²) in [6, 6.07) is 6.71. The Morgan fingerprint density at radius 2 is 2.05 bits per heavy atom. The number of benzene rings is 1. The lowest BCUT2D eigenvalue weighted by molar-refractivity contribution is 0.343. The molecule has 0 bridgehead atoms. The summed E-state index contributed by atoms with van der Waals surface area (Å²) >= 11 is 0. The third kappa shape index (κ3) is 3.51. The van der Waals surface area contributed by atoms with Crippen molar-refractivity contribution >= 4 is 20.9 Å². The molecule has 0 saturated carbocycles. The molecule has 0 aliphatic rings. The molecule has 2 rings (SSSR count). The number of sulfonamides is 1. The molecule has 1 aromatic heterocycles. The van der Waals surface area contributed by atoms with Gasteiger partial charge in [-0.25, -0.2) is 13.1 Å². The monoisotopic (exact) mass is 308 g/mol. The predicted octanol–water partition coefficient (Wildman–Crippen LogP) is 2.71. The molecular formula is C15H20N2O3S. The van der Waals surface area contributed by atoms with Crippen LogP contribution in [0.4, 0.5) is 0 Å². The number of unbranched alkanes of at least 4 members (excludes halogenated alkanes) is 1. The highest BCUT2D eigenvalue weighted by Crippen LogP contribution is 2.29. The normalized spacial score (nSPS) is 11.7. The third-order valence-corrected chi connectivity index (χ3v) is 4.62. The average molecular weight is 308 g/mol. The van der Waals surface area contributed by atoms with Gasteiger partial charge in [-0.1, -0.05) is 13.3 Å². The van der Waals surface area contributed by atoms with E-state index < -0.39 is 10.0 Å². The van der Waals surface area contributed by atoms with Crippen LogP contribution in [0.2, 0.25) is 0 Å². The van der Waals surface area contributed by atoms with Crippen LogP contribution in [0.15, 0.2) is 35.4 Å². The second-order valence-electron chi connectivity index (χ2n) is 4.65. The predicted molar refractivity (Wildman–Crippen MR) is 83.0 cm³/mol. The topological polar surface area (TPSA) is 68.3 Å². The molecule has 21 heavy (non-hydrogen) atoms. The van der Waals surface area contributed by atoms with E-state index in [1.54, 1.807) is 30.5 Å². The van der Waals surface area contributed by atoms with Gasteiger partial charge in [0.05, 0.1) is 11.5 Å². The molecular weight excluding hydrogens is 288 g/mol. The molecule has 0 unspecified atom stereocenters. The molecule has 0 saturated heterocycles. The molecule has 1 aromatic carbocycles. The molecule has 1 heterocycles. The van der Waals surface area contributed by atoms with E-state index in [-0.39, 0.29) is 4.90 Å². The maximum atomic E-state index is 12.4. The zero-order valence-electron chi connectivity index (χ0n) is 12.3. The molecule has 6 heteroatoms. The van der Waals surface area contributed by atoms with E-state index in [0.29, 0.717) is 29.8 Å². The van der Waals surface area contributed by atoms with Crippen LogP contribution < -0.4 is 9.46 Å². The van der Waals surface area contributed by atoms with E-state index in [1.165, 1.54) is 0 Å². The summed E-state index contributed by atoms with van der Waals surface area (Å²) in [5, 5.41) is 0.576. The number of rotatable bonds is 7. The summed E-state index contributed by atoms with van der Waals surface area (Å²) in [4.78, 5) is 4.49. The van der Waals surface area contributed by atoms with E-state index in [0.717, 1.165) is 12.8 Å². The fourth-order valence-electron chi connectivity index (χ4n) is 2.09. The van der Waals surface area contributed by atoms with Gasteiger partial charge in [0.2, 0.25) is 10.0 Å². The molecule has 0 amide bonds. The number of fused-ring (bicyclic) bond motifs is 1. The quantitative estimate of drug-likeness (QED) is 0.799. The third-order valence-electron chi connectivity index (χ3n) is 3.10. The van der Waals surface area contributed by atoms with Crippen molar-refractivity contribution in [3.8, 4) is 5.75 Å². The highest BCUT2D eigenvalue weighted by Gasteiger charge is 2.19. The van der Waals surface area contributed by atoms with Crippen LogP contribution in [0.5, 0.6) is 5.75 Å². The summed E-state index contributed by atoms with van der Waals surface area (Å²) in [6.45, 7) is 4.84. The Morgan fingerprint density at radius 3 is 2.76 bits per heavy atom. The second-order valence-corrected chi connectivity index (χ2v) is 6.38. The summed E-state index contributed by atoms with van der Waals surface area (Å²) in [7, 11) is -3.54. The van der Waals surface area contributed by atoms with Crippen molar-refractivity contribution in [3.63, 3.8) is 0 Å². The number of pyridine rings is 1. The summed E-state index contributed by atoms with van der Waals surface area (Å²) in [6.07, 6.45) is 3.38. The molecule has 0 radical (unpaired) electrons. The van der Waals surface area contributed by atoms with Crippen LogP contribution in [0, 0.1) is 0 Å². The minimum atomic E-state index is -3.54. The molecule has 5 nitrogen and oxygen atoms in total. The fourth-order valence-corrected chi connectivity index (χ4v) is 3.36. The Morgan fingerprint density at radius 1 is 1.24 bits per heavy atom. The number of hydrogen-bond donors (Lipinski definition) is 1. The van der Waals surface area contributed by atoms with Crippen molar-refractivity contribution in [2.45, 2.75) is 31.6 Å². The Hall–Kier alpha value is -1.66. The first-order chi connectivity index (χ1) is 10.1. The smallest absolute Gasteiger partial charge is 0.241 e. The van der Waals surface area contributed by atoms with Gasteiger partial charge in [0.15, 0.2) is 0 Å². The van der Waals surface area contributed by atoms with Gasteiger partial charge >= 0.3 is 0 Å². The van der Waals surface area contributed by atoms with Gasteiger partial charge in [-0.2, -0.15) is 0 Å². The molecule has 1 N–H and O–H groups in total. The maximum absolute atomic E-state index is 12.4. The highest BCUT2D eigenvalue weighted by atomic mass is 32.2. The number of aromatic nitrogens is 1. The van der Waals surface area contributed by atoms with Crippen molar-refractivity contribution in [2.75, 3.05) is 13.2 Å². The molecule has 0 aliphatic heterocycles. The standard InChI is InChI=1S/C15H20N2O3S/c1-3-5-11-17-21(18,19)14-9-8-13(20-4-2)15-12(14)7-6-10-16-15/h6-10,17H,3-5,11H2,1-2H3. The fraction of sp³-hybridized carbons (Fsp3) is 0.400. The molecule has 0 atom stereocenters. The Bertz CT molecular complexity index is 714. The van der Waals surface area contributed by atoms with Crippen LogP contribution in [0.25, 0.3) is 10.9 Å². The lowest BCUT2D eigenvalue weighted by Crippen LogP contribution is -2.25. The van der Waals surface area contributed by atoms with Gasteiger partial charge in [0, 0.05) is 18.1 Å². The zero-order chi connectivity index (χ0) is 15.3. The minimum Gasteiger partial charge on any atom is -0.492 e. The van der Waals surface area contributed by atoms with E-state index in [1.807, 2.05) is 13.8 Å².